The van der Waals surface area contributed by atoms with Crippen LogP contribution < -0.4 is 10.6 Å². The molecule has 0 atom stereocenters. The number of aliphatic imine (C=N–C) groups is 1. The normalized spacial score (nSPS) is 11.5. The van der Waals surface area contributed by atoms with E-state index in [1.54, 1.807) is 18.4 Å². The van der Waals surface area contributed by atoms with E-state index in [1.165, 1.54) is 16.9 Å². The molecule has 0 saturated heterocycles. The van der Waals surface area contributed by atoms with E-state index in [0.29, 0.717) is 0 Å². The molecule has 0 aliphatic carbocycles. The molecule has 2 rings (SSSR count). The molecular weight excluding hydrogens is 292 g/mol. The summed E-state index contributed by atoms with van der Waals surface area (Å²) in [4.78, 5) is 10.2. The first kappa shape index (κ1) is 16.5. The van der Waals surface area contributed by atoms with E-state index in [1.807, 2.05) is 18.2 Å². The number of guanidine groups is 1. The van der Waals surface area contributed by atoms with E-state index in [4.69, 9.17) is 0 Å². The van der Waals surface area contributed by atoms with Gasteiger partial charge in [0, 0.05) is 24.0 Å². The number of hydrogen-bond acceptors (Lipinski definition) is 3. The zero-order valence-electron chi connectivity index (χ0n) is 13.5. The number of benzene rings is 1. The lowest BCUT2D eigenvalue weighted by atomic mass is 10.2. The van der Waals surface area contributed by atoms with Crippen LogP contribution in [0.2, 0.25) is 0 Å². The van der Waals surface area contributed by atoms with Gasteiger partial charge in [-0.2, -0.15) is 0 Å². The van der Waals surface area contributed by atoms with Crippen molar-refractivity contribution in [3.8, 4) is 10.6 Å². The van der Waals surface area contributed by atoms with Gasteiger partial charge in [-0.05, 0) is 13.3 Å². The maximum Gasteiger partial charge on any atom is 0.191 e. The number of nitrogens with one attached hydrogen (secondary N) is 2. The van der Waals surface area contributed by atoms with Crippen molar-refractivity contribution in [1.82, 2.24) is 15.6 Å². The quantitative estimate of drug-likeness (QED) is 0.486. The molecule has 0 bridgehead atoms. The van der Waals surface area contributed by atoms with Gasteiger partial charge in [-0.3, -0.25) is 4.99 Å². The fraction of sp³-hybridized carbons (Fsp3) is 0.412. The first-order valence-electron chi connectivity index (χ1n) is 7.70. The minimum absolute atomic E-state index is 0.752. The van der Waals surface area contributed by atoms with Crippen molar-refractivity contribution >= 4 is 17.3 Å². The summed E-state index contributed by atoms with van der Waals surface area (Å²) >= 11 is 1.74. The highest BCUT2D eigenvalue weighted by atomic mass is 32.1. The van der Waals surface area contributed by atoms with Crippen molar-refractivity contribution in [1.29, 1.82) is 0 Å². The Morgan fingerprint density at radius 3 is 2.68 bits per heavy atom. The molecule has 0 aliphatic heterocycles. The minimum atomic E-state index is 0.752. The highest BCUT2D eigenvalue weighted by Gasteiger charge is 2.09. The summed E-state index contributed by atoms with van der Waals surface area (Å²) in [6.45, 7) is 5.95. The van der Waals surface area contributed by atoms with Crippen LogP contribution in [0.1, 0.15) is 30.3 Å². The molecule has 1 aromatic heterocycles. The van der Waals surface area contributed by atoms with Gasteiger partial charge in [-0.25, -0.2) is 4.98 Å². The molecule has 0 fully saturated rings. The summed E-state index contributed by atoms with van der Waals surface area (Å²) in [5.41, 5.74) is 2.26. The van der Waals surface area contributed by atoms with Crippen molar-refractivity contribution in [3.05, 3.63) is 40.9 Å². The number of aryl methyl sites for hydroxylation is 1. The highest BCUT2D eigenvalue weighted by molar-refractivity contribution is 7.15. The topological polar surface area (TPSA) is 49.3 Å². The van der Waals surface area contributed by atoms with Crippen molar-refractivity contribution in [2.24, 2.45) is 4.99 Å². The molecule has 4 nitrogen and oxygen atoms in total. The van der Waals surface area contributed by atoms with Gasteiger partial charge in [0.25, 0.3) is 0 Å². The molecule has 0 amide bonds. The first-order chi connectivity index (χ1) is 10.7. The maximum atomic E-state index is 4.68. The van der Waals surface area contributed by atoms with Crippen molar-refractivity contribution in [3.63, 3.8) is 0 Å². The number of rotatable bonds is 6. The van der Waals surface area contributed by atoms with E-state index in [0.717, 1.165) is 36.2 Å². The average molecular weight is 316 g/mol. The van der Waals surface area contributed by atoms with E-state index < -0.39 is 0 Å². The van der Waals surface area contributed by atoms with Crippen LogP contribution in [0.4, 0.5) is 0 Å². The van der Waals surface area contributed by atoms with E-state index in [-0.39, 0.29) is 0 Å². The number of hydrogen-bond donors (Lipinski definition) is 2. The third-order valence-corrected chi connectivity index (χ3v) is 4.58. The standard InChI is InChI=1S/C17H24N4S/c1-4-5-11-19-17(18-3)20-12-15-13(2)21-16(22-15)14-9-7-6-8-10-14/h6-10H,4-5,11-12H2,1-3H3,(H2,18,19,20). The van der Waals surface area contributed by atoms with Crippen LogP contribution in [0.5, 0.6) is 0 Å². The summed E-state index contributed by atoms with van der Waals surface area (Å²) in [5, 5.41) is 7.75. The van der Waals surface area contributed by atoms with Gasteiger partial charge in [-0.1, -0.05) is 43.7 Å². The summed E-state index contributed by atoms with van der Waals surface area (Å²) in [5.74, 6) is 0.850. The molecule has 0 aliphatic rings. The fourth-order valence-corrected chi connectivity index (χ4v) is 3.07. The Hall–Kier alpha value is -1.88. The van der Waals surface area contributed by atoms with E-state index in [2.05, 4.69) is 46.6 Å². The second-order valence-electron chi connectivity index (χ2n) is 5.10. The van der Waals surface area contributed by atoms with Gasteiger partial charge in [0.15, 0.2) is 5.96 Å². The van der Waals surface area contributed by atoms with Gasteiger partial charge in [0.1, 0.15) is 5.01 Å². The lowest BCUT2D eigenvalue weighted by molar-refractivity contribution is 0.729. The van der Waals surface area contributed by atoms with Crippen molar-refractivity contribution in [2.45, 2.75) is 33.2 Å². The third kappa shape index (κ3) is 4.56. The van der Waals surface area contributed by atoms with Crippen LogP contribution in [-0.4, -0.2) is 24.5 Å². The highest BCUT2D eigenvalue weighted by Crippen LogP contribution is 2.27. The number of aromatic nitrogens is 1. The Morgan fingerprint density at radius 2 is 2.00 bits per heavy atom. The molecule has 1 aromatic carbocycles. The van der Waals surface area contributed by atoms with Crippen molar-refractivity contribution in [2.75, 3.05) is 13.6 Å². The maximum absolute atomic E-state index is 4.68. The average Bonchev–Trinajstić information content (AvgIpc) is 2.93. The summed E-state index contributed by atoms with van der Waals surface area (Å²) in [6, 6.07) is 10.3. The Balaban J connectivity index is 1.97. The van der Waals surface area contributed by atoms with Gasteiger partial charge < -0.3 is 10.6 Å². The molecule has 0 spiro atoms. The molecule has 2 N–H and O–H groups in total. The Kier molecular flexibility index (Phi) is 6.40. The molecule has 118 valence electrons. The van der Waals surface area contributed by atoms with Crippen molar-refractivity contribution < 1.29 is 0 Å². The zero-order chi connectivity index (χ0) is 15.8. The van der Waals surface area contributed by atoms with Crippen LogP contribution in [0.25, 0.3) is 10.6 Å². The SMILES string of the molecule is CCCCNC(=NC)NCc1sc(-c2ccccc2)nc1C. The van der Waals surface area contributed by atoms with Crippen LogP contribution in [0.3, 0.4) is 0 Å². The van der Waals surface area contributed by atoms with Gasteiger partial charge >= 0.3 is 0 Å². The van der Waals surface area contributed by atoms with Gasteiger partial charge in [0.2, 0.25) is 0 Å². The molecule has 22 heavy (non-hydrogen) atoms. The predicted octanol–water partition coefficient (Wildman–Crippen LogP) is 3.58. The molecule has 0 unspecified atom stereocenters. The molecule has 2 aromatic rings. The molecule has 5 heteroatoms. The number of nitrogens with zero attached hydrogens (tertiary/aromatic N) is 2. The monoisotopic (exact) mass is 316 g/mol. The summed E-state index contributed by atoms with van der Waals surface area (Å²) in [7, 11) is 1.80. The fourth-order valence-electron chi connectivity index (χ4n) is 2.06. The third-order valence-electron chi connectivity index (χ3n) is 3.38. The Morgan fingerprint density at radius 1 is 1.23 bits per heavy atom. The van der Waals surface area contributed by atoms with Crippen LogP contribution in [0.15, 0.2) is 35.3 Å². The summed E-state index contributed by atoms with van der Waals surface area (Å²) < 4.78 is 0. The predicted molar refractivity (Wildman–Crippen MR) is 95.4 cm³/mol. The number of thiazole rings is 1. The van der Waals surface area contributed by atoms with Crippen LogP contribution in [0, 0.1) is 6.92 Å². The van der Waals surface area contributed by atoms with E-state index in [9.17, 15) is 0 Å². The molecular formula is C17H24N4S. The van der Waals surface area contributed by atoms with Crippen LogP contribution in [-0.2, 0) is 6.54 Å². The Labute approximate surface area is 136 Å². The molecule has 1 heterocycles. The first-order valence-corrected chi connectivity index (χ1v) is 8.52. The van der Waals surface area contributed by atoms with Gasteiger partial charge in [-0.15, -0.1) is 11.3 Å². The smallest absolute Gasteiger partial charge is 0.191 e. The Bertz CT molecular complexity index is 604. The largest absolute Gasteiger partial charge is 0.356 e. The second-order valence-corrected chi connectivity index (χ2v) is 6.18. The zero-order valence-corrected chi connectivity index (χ0v) is 14.3. The summed E-state index contributed by atoms with van der Waals surface area (Å²) in [6.07, 6.45) is 2.33. The lowest BCUT2D eigenvalue weighted by Crippen LogP contribution is -2.37. The second kappa shape index (κ2) is 8.54. The van der Waals surface area contributed by atoms with E-state index >= 15 is 0 Å². The van der Waals surface area contributed by atoms with Gasteiger partial charge in [0.05, 0.1) is 12.2 Å². The minimum Gasteiger partial charge on any atom is -0.356 e. The lowest BCUT2D eigenvalue weighted by Gasteiger charge is -2.10. The molecule has 0 radical (unpaired) electrons. The number of unbranched alkanes of at least 4 members (excludes halogenated alkanes) is 1. The molecule has 0 saturated carbocycles. The van der Waals surface area contributed by atoms with Crippen LogP contribution >= 0.6 is 11.3 Å².